The number of carbonyl (C=O) groups is 2. The molecule has 0 heterocycles. The third-order valence-electron chi connectivity index (χ3n) is 0.960. The molecule has 0 fully saturated rings. The molecule has 0 aliphatic heterocycles. The molecular weight excluding hydrogens is 228 g/mol. The molecule has 0 aromatic rings. The zero-order valence-electron chi connectivity index (χ0n) is 11.3. The van der Waals surface area contributed by atoms with Crippen LogP contribution >= 0.6 is 0 Å². The molecule has 104 valence electrons. The zero-order chi connectivity index (χ0) is 14.1. The van der Waals surface area contributed by atoms with Gasteiger partial charge in [0.2, 0.25) is 0 Å². The first-order chi connectivity index (χ1) is 7.95. The molecule has 17 heavy (non-hydrogen) atoms. The number of esters is 1. The summed E-state index contributed by atoms with van der Waals surface area (Å²) >= 11 is 0. The Morgan fingerprint density at radius 2 is 1.53 bits per heavy atom. The first-order valence-corrected chi connectivity index (χ1v) is 5.29. The van der Waals surface area contributed by atoms with E-state index in [9.17, 15) is 4.79 Å². The van der Waals surface area contributed by atoms with Crippen LogP contribution < -0.4 is 0 Å². The summed E-state index contributed by atoms with van der Waals surface area (Å²) in [5, 5.41) is 7.42. The van der Waals surface area contributed by atoms with E-state index >= 15 is 0 Å². The number of carbonyl (C=O) groups excluding carboxylic acids is 1. The van der Waals surface area contributed by atoms with Crippen LogP contribution in [0.15, 0.2) is 0 Å². The highest BCUT2D eigenvalue weighted by Crippen LogP contribution is 1.86. The quantitative estimate of drug-likeness (QED) is 0.587. The average molecular weight is 252 g/mol. The van der Waals surface area contributed by atoms with Crippen molar-refractivity contribution >= 4 is 11.9 Å². The summed E-state index contributed by atoms with van der Waals surface area (Å²) in [5.74, 6) is -1.02. The van der Waals surface area contributed by atoms with Gasteiger partial charge in [0.15, 0.2) is 0 Å². The van der Waals surface area contributed by atoms with Gasteiger partial charge in [-0.25, -0.2) is 0 Å². The lowest BCUT2D eigenvalue weighted by atomic mass is 10.5. The highest BCUT2D eigenvalue weighted by molar-refractivity contribution is 5.69. The topological polar surface area (TPSA) is 82.1 Å². The maximum Gasteiger partial charge on any atom is 0.308 e. The Labute approximate surface area is 103 Å². The fourth-order valence-corrected chi connectivity index (χ4v) is 0.533. The molecule has 0 unspecified atom stereocenters. The molecule has 0 atom stereocenters. The summed E-state index contributed by atoms with van der Waals surface area (Å²) in [6.07, 6.45) is 0.363. The molecule has 0 radical (unpaired) electrons. The Morgan fingerprint density at radius 3 is 1.82 bits per heavy atom. The monoisotopic (exact) mass is 252 g/mol. The molecule has 0 spiro atoms. The first kappa shape index (κ1) is 21.2. The van der Waals surface area contributed by atoms with Crippen LogP contribution in [0.3, 0.4) is 0 Å². The van der Waals surface area contributed by atoms with Gasteiger partial charge in [-0.05, 0) is 13.8 Å². The van der Waals surface area contributed by atoms with Crippen LogP contribution in [0.1, 0.15) is 27.2 Å². The van der Waals surface area contributed by atoms with E-state index in [4.69, 9.17) is 14.6 Å². The Kier molecular flexibility index (Phi) is 25.3. The third-order valence-corrected chi connectivity index (χ3v) is 0.960. The highest BCUT2D eigenvalue weighted by Gasteiger charge is 1.98. The maximum absolute atomic E-state index is 10.6. The second-order valence-electron chi connectivity index (χ2n) is 2.68. The molecule has 1 N–H and O–H groups in total. The Hall–Kier alpha value is -1.14. The second-order valence-corrected chi connectivity index (χ2v) is 2.68. The minimum atomic E-state index is -0.833. The van der Waals surface area contributed by atoms with E-state index in [-0.39, 0.29) is 5.97 Å². The van der Waals surface area contributed by atoms with Crippen LogP contribution in [0.25, 0.3) is 0 Å². The molecule has 0 aliphatic rings. The predicted molar refractivity (Wildman–Crippen MR) is 64.0 cm³/mol. The summed E-state index contributed by atoms with van der Waals surface area (Å²) in [6.45, 7) is 6.34. The lowest BCUT2D eigenvalue weighted by Crippen LogP contribution is -2.07. The van der Waals surface area contributed by atoms with Crippen LogP contribution in [0, 0.1) is 0 Å². The number of hydrogen-bond donors (Lipinski definition) is 1. The van der Waals surface area contributed by atoms with Crippen LogP contribution in [-0.4, -0.2) is 51.1 Å². The lowest BCUT2D eigenvalue weighted by molar-refractivity contribution is -0.144. The number of rotatable bonds is 5. The molecule has 0 aromatic heterocycles. The largest absolute Gasteiger partial charge is 0.481 e. The van der Waals surface area contributed by atoms with Crippen molar-refractivity contribution in [2.45, 2.75) is 27.2 Å². The summed E-state index contributed by atoms with van der Waals surface area (Å²) in [7, 11) is 3.25. The number of carboxylic acid groups (broad SMARTS) is 1. The number of carboxylic acids is 1. The van der Waals surface area contributed by atoms with Crippen LogP contribution in [0.4, 0.5) is 0 Å². The molecule has 6 nitrogen and oxygen atoms in total. The van der Waals surface area contributed by atoms with Gasteiger partial charge in [0.1, 0.15) is 0 Å². The van der Waals surface area contributed by atoms with Crippen molar-refractivity contribution in [2.75, 3.05) is 34.0 Å². The van der Waals surface area contributed by atoms with Crippen LogP contribution in [-0.2, 0) is 23.8 Å². The van der Waals surface area contributed by atoms with Crippen LogP contribution in [0.5, 0.6) is 0 Å². The van der Waals surface area contributed by atoms with Gasteiger partial charge in [-0.15, -0.1) is 0 Å². The minimum Gasteiger partial charge on any atom is -0.481 e. The van der Waals surface area contributed by atoms with Crippen molar-refractivity contribution in [2.24, 2.45) is 0 Å². The fraction of sp³-hybridized carbons (Fsp3) is 0.818. The van der Waals surface area contributed by atoms with Crippen molar-refractivity contribution in [3.05, 3.63) is 0 Å². The molecule has 0 aliphatic carbocycles. The molecule has 0 saturated heterocycles. The van der Waals surface area contributed by atoms with E-state index in [1.807, 2.05) is 6.92 Å². The van der Waals surface area contributed by atoms with Crippen molar-refractivity contribution in [3.63, 3.8) is 0 Å². The van der Waals surface area contributed by atoms with E-state index in [0.29, 0.717) is 26.2 Å². The number of hydrogen-bond acceptors (Lipinski definition) is 5. The number of methoxy groups -OCH3 is 1. The fourth-order valence-electron chi connectivity index (χ4n) is 0.533. The number of ether oxygens (including phenoxy) is 3. The third kappa shape index (κ3) is 52.2. The van der Waals surface area contributed by atoms with Crippen molar-refractivity contribution < 1.29 is 28.9 Å². The lowest BCUT2D eigenvalue weighted by Gasteiger charge is -2.00. The molecule has 6 heteroatoms. The Bertz CT molecular complexity index is 165. The zero-order valence-corrected chi connectivity index (χ0v) is 11.3. The van der Waals surface area contributed by atoms with Crippen molar-refractivity contribution in [1.29, 1.82) is 0 Å². The minimum absolute atomic E-state index is 0.184. The van der Waals surface area contributed by atoms with Crippen molar-refractivity contribution in [1.82, 2.24) is 0 Å². The van der Waals surface area contributed by atoms with Gasteiger partial charge < -0.3 is 19.3 Å². The second kappa shape index (κ2) is 20.3. The van der Waals surface area contributed by atoms with E-state index in [2.05, 4.69) is 9.47 Å². The van der Waals surface area contributed by atoms with Gasteiger partial charge in [-0.2, -0.15) is 0 Å². The first-order valence-electron chi connectivity index (χ1n) is 5.29. The maximum atomic E-state index is 10.6. The Balaban J connectivity index is -0.000000232. The average Bonchev–Trinajstić information content (AvgIpc) is 2.19. The summed E-state index contributed by atoms with van der Waals surface area (Å²) in [6, 6.07) is 0. The predicted octanol–water partition coefficient (Wildman–Crippen LogP) is 1.33. The van der Waals surface area contributed by atoms with Gasteiger partial charge >= 0.3 is 5.97 Å². The summed E-state index contributed by atoms with van der Waals surface area (Å²) in [5.41, 5.74) is 0. The highest BCUT2D eigenvalue weighted by atomic mass is 16.5. The van der Waals surface area contributed by atoms with Gasteiger partial charge in [0.25, 0.3) is 5.97 Å². The standard InChI is InChI=1S/C7H14O3.C2H4O2.C2H6O/c1-3-9-6-5-7(8)10-4-2;1-2(3)4;1-3-2/h3-6H2,1-2H3;1H3,(H,3,4);1-2H3. The van der Waals surface area contributed by atoms with Gasteiger partial charge in [-0.1, -0.05) is 0 Å². The molecule has 0 bridgehead atoms. The van der Waals surface area contributed by atoms with E-state index in [1.165, 1.54) is 0 Å². The molecular formula is C11H24O6. The van der Waals surface area contributed by atoms with Gasteiger partial charge in [-0.3, -0.25) is 9.59 Å². The van der Waals surface area contributed by atoms with E-state index < -0.39 is 5.97 Å². The SMILES string of the molecule is CC(=O)O.CCOCCC(=O)OCC.COC. The normalized spacial score (nSPS) is 8.06. The van der Waals surface area contributed by atoms with Gasteiger partial charge in [0, 0.05) is 27.8 Å². The summed E-state index contributed by atoms with van der Waals surface area (Å²) in [4.78, 5) is 19.6. The van der Waals surface area contributed by atoms with Gasteiger partial charge in [0.05, 0.1) is 19.6 Å². The Morgan fingerprint density at radius 1 is 1.12 bits per heavy atom. The molecule has 0 amide bonds. The van der Waals surface area contributed by atoms with E-state index in [1.54, 1.807) is 21.1 Å². The summed E-state index contributed by atoms with van der Waals surface area (Å²) < 4.78 is 13.9. The van der Waals surface area contributed by atoms with E-state index in [0.717, 1.165) is 6.92 Å². The smallest absolute Gasteiger partial charge is 0.308 e. The molecule has 0 aromatic carbocycles. The number of aliphatic carboxylic acids is 1. The molecule has 0 rings (SSSR count). The molecule has 0 saturated carbocycles. The van der Waals surface area contributed by atoms with Crippen LogP contribution in [0.2, 0.25) is 0 Å². The van der Waals surface area contributed by atoms with Crippen molar-refractivity contribution in [3.8, 4) is 0 Å².